The Morgan fingerprint density at radius 1 is 0.438 bits per heavy atom. The summed E-state index contributed by atoms with van der Waals surface area (Å²) in [7, 11) is 0. The van der Waals surface area contributed by atoms with E-state index in [1.165, 1.54) is 64.2 Å². The molecule has 8 heteroatoms. The van der Waals surface area contributed by atoms with Gasteiger partial charge in [-0.15, -0.1) is 0 Å². The molecule has 1 aliphatic heterocycles. The van der Waals surface area contributed by atoms with Gasteiger partial charge in [0.15, 0.2) is 23.0 Å². The average Bonchev–Trinajstić information content (AvgIpc) is 3.10. The second-order valence-electron chi connectivity index (χ2n) is 12.9. The van der Waals surface area contributed by atoms with Gasteiger partial charge in [0.2, 0.25) is 0 Å². The van der Waals surface area contributed by atoms with Gasteiger partial charge in [-0.3, -0.25) is 0 Å². The Labute approximate surface area is 290 Å². The van der Waals surface area contributed by atoms with Crippen LogP contribution in [0, 0.1) is 0 Å². The third-order valence-electron chi connectivity index (χ3n) is 8.81. The molecule has 8 nitrogen and oxygen atoms in total. The molecule has 2 aromatic rings. The Balaban J connectivity index is 1.49. The van der Waals surface area contributed by atoms with Crippen LogP contribution in [0.2, 0.25) is 0 Å². The van der Waals surface area contributed by atoms with Gasteiger partial charge in [0, 0.05) is 0 Å². The number of rotatable bonds is 18. The van der Waals surface area contributed by atoms with Gasteiger partial charge in [-0.05, 0) is 48.2 Å². The lowest BCUT2D eigenvalue weighted by molar-refractivity contribution is 0.0637. The summed E-state index contributed by atoms with van der Waals surface area (Å²) in [5, 5.41) is 21.7. The summed E-state index contributed by atoms with van der Waals surface area (Å²) < 4.78 is 35.8. The number of hydrogen-bond donors (Lipinski definition) is 2. The first-order valence-corrected chi connectivity index (χ1v) is 18.9. The Bertz CT molecular complexity index is 1010. The van der Waals surface area contributed by atoms with Crippen molar-refractivity contribution in [3.8, 4) is 23.0 Å². The van der Waals surface area contributed by atoms with Crippen LogP contribution in [0.5, 0.6) is 23.0 Å². The van der Waals surface area contributed by atoms with Gasteiger partial charge in [-0.2, -0.15) is 0 Å². The molecule has 48 heavy (non-hydrogen) atoms. The van der Waals surface area contributed by atoms with Gasteiger partial charge in [0.05, 0.1) is 38.6 Å². The van der Waals surface area contributed by atoms with Crippen molar-refractivity contribution in [1.82, 2.24) is 0 Å². The Morgan fingerprint density at radius 3 is 1.15 bits per heavy atom. The Hall–Kier alpha value is -2.52. The molecule has 0 bridgehead atoms. The molecule has 0 saturated heterocycles. The maximum atomic E-state index is 10.9. The van der Waals surface area contributed by atoms with Crippen LogP contribution in [0.4, 0.5) is 0 Å². The topological polar surface area (TPSA) is 95.8 Å². The van der Waals surface area contributed by atoms with E-state index in [0.29, 0.717) is 75.9 Å². The highest BCUT2D eigenvalue weighted by Crippen LogP contribution is 2.34. The molecule has 0 saturated carbocycles. The minimum Gasteiger partial charge on any atom is -0.487 e. The summed E-state index contributed by atoms with van der Waals surface area (Å²) in [6.45, 7) is 7.37. The Kier molecular flexibility index (Phi) is 21.2. The van der Waals surface area contributed by atoms with Crippen molar-refractivity contribution in [2.75, 3.05) is 52.9 Å². The van der Waals surface area contributed by atoms with E-state index in [9.17, 15) is 10.2 Å². The normalized spacial score (nSPS) is 16.1. The molecule has 0 aliphatic carbocycles. The van der Waals surface area contributed by atoms with Gasteiger partial charge in [-0.25, -0.2) is 0 Å². The van der Waals surface area contributed by atoms with E-state index < -0.39 is 12.2 Å². The standard InChI is InChI=1S/C40H64O8/c1-3-5-7-9-11-13-15-17-35(41)33-19-21-37-39(31-33)47-29-25-43-24-28-46-38-22-20-34(32-40(38)48-30-26-44-23-27-45-37)36(42)18-16-14-12-10-8-6-4-2/h19-22,31-32,35-36,41-42H,3-18,23-30H2,1-2H3. The van der Waals surface area contributed by atoms with Crippen molar-refractivity contribution in [3.05, 3.63) is 47.5 Å². The van der Waals surface area contributed by atoms with Crippen LogP contribution in [-0.2, 0) is 9.47 Å². The average molecular weight is 673 g/mol. The summed E-state index contributed by atoms with van der Waals surface area (Å²) in [6, 6.07) is 11.3. The lowest BCUT2D eigenvalue weighted by atomic mass is 10.0. The second kappa shape index (κ2) is 25.5. The first-order valence-electron chi connectivity index (χ1n) is 18.9. The van der Waals surface area contributed by atoms with Crippen LogP contribution in [0.15, 0.2) is 36.4 Å². The molecule has 2 atom stereocenters. The molecule has 0 fully saturated rings. The maximum absolute atomic E-state index is 10.9. The molecular formula is C40H64O8. The second-order valence-corrected chi connectivity index (χ2v) is 12.9. The summed E-state index contributed by atoms with van der Waals surface area (Å²) >= 11 is 0. The van der Waals surface area contributed by atoms with Crippen LogP contribution in [0.3, 0.4) is 0 Å². The van der Waals surface area contributed by atoms with Crippen LogP contribution in [0.1, 0.15) is 140 Å². The highest BCUT2D eigenvalue weighted by atomic mass is 16.6. The molecule has 1 aliphatic rings. The minimum absolute atomic E-state index is 0.337. The van der Waals surface area contributed by atoms with E-state index in [0.717, 1.165) is 49.7 Å². The minimum atomic E-state index is -0.536. The summed E-state index contributed by atoms with van der Waals surface area (Å²) in [5.41, 5.74) is 1.67. The van der Waals surface area contributed by atoms with Crippen LogP contribution in [-0.4, -0.2) is 63.1 Å². The largest absolute Gasteiger partial charge is 0.487 e. The summed E-state index contributed by atoms with van der Waals surface area (Å²) in [5.74, 6) is 2.41. The molecule has 0 spiro atoms. The number of hydrogen-bond acceptors (Lipinski definition) is 8. The first-order chi connectivity index (χ1) is 23.6. The summed E-state index contributed by atoms with van der Waals surface area (Å²) in [6.07, 6.45) is 17.4. The van der Waals surface area contributed by atoms with Crippen molar-refractivity contribution < 1.29 is 38.6 Å². The quantitative estimate of drug-likeness (QED) is 0.151. The fraction of sp³-hybridized carbons (Fsp3) is 0.700. The van der Waals surface area contributed by atoms with E-state index in [1.54, 1.807) is 0 Å². The molecule has 0 aromatic heterocycles. The van der Waals surface area contributed by atoms with Crippen LogP contribution < -0.4 is 18.9 Å². The van der Waals surface area contributed by atoms with Crippen molar-refractivity contribution in [2.24, 2.45) is 0 Å². The van der Waals surface area contributed by atoms with Crippen LogP contribution in [0.25, 0.3) is 0 Å². The van der Waals surface area contributed by atoms with E-state index in [4.69, 9.17) is 28.4 Å². The highest BCUT2D eigenvalue weighted by molar-refractivity contribution is 5.44. The lowest BCUT2D eigenvalue weighted by Crippen LogP contribution is -2.15. The highest BCUT2D eigenvalue weighted by Gasteiger charge is 2.15. The third-order valence-corrected chi connectivity index (χ3v) is 8.81. The van der Waals surface area contributed by atoms with Gasteiger partial charge >= 0.3 is 0 Å². The van der Waals surface area contributed by atoms with Crippen LogP contribution >= 0.6 is 0 Å². The molecule has 2 N–H and O–H groups in total. The molecule has 1 heterocycles. The smallest absolute Gasteiger partial charge is 0.161 e. The van der Waals surface area contributed by atoms with Gasteiger partial charge in [0.1, 0.15) is 26.4 Å². The number of ether oxygens (including phenoxy) is 6. The van der Waals surface area contributed by atoms with Crippen molar-refractivity contribution in [2.45, 2.75) is 129 Å². The number of aliphatic hydroxyl groups is 2. The lowest BCUT2D eigenvalue weighted by Gasteiger charge is -2.18. The fourth-order valence-electron chi connectivity index (χ4n) is 5.90. The van der Waals surface area contributed by atoms with Crippen molar-refractivity contribution in [1.29, 1.82) is 0 Å². The van der Waals surface area contributed by atoms with Crippen molar-refractivity contribution >= 4 is 0 Å². The number of fused-ring (bicyclic) bond motifs is 2. The molecule has 3 rings (SSSR count). The molecule has 2 aromatic carbocycles. The maximum Gasteiger partial charge on any atom is 0.161 e. The molecule has 0 amide bonds. The molecule has 0 radical (unpaired) electrons. The zero-order valence-corrected chi connectivity index (χ0v) is 29.9. The number of benzene rings is 2. The number of aliphatic hydroxyl groups excluding tert-OH is 2. The van der Waals surface area contributed by atoms with E-state index >= 15 is 0 Å². The van der Waals surface area contributed by atoms with Gasteiger partial charge < -0.3 is 38.6 Å². The van der Waals surface area contributed by atoms with E-state index in [2.05, 4.69) is 13.8 Å². The first kappa shape index (κ1) is 39.9. The fourth-order valence-corrected chi connectivity index (χ4v) is 5.90. The Morgan fingerprint density at radius 2 is 0.771 bits per heavy atom. The van der Waals surface area contributed by atoms with E-state index in [-0.39, 0.29) is 0 Å². The van der Waals surface area contributed by atoms with Gasteiger partial charge in [0.25, 0.3) is 0 Å². The monoisotopic (exact) mass is 672 g/mol. The summed E-state index contributed by atoms with van der Waals surface area (Å²) in [4.78, 5) is 0. The molecule has 2 unspecified atom stereocenters. The molecular weight excluding hydrogens is 608 g/mol. The third kappa shape index (κ3) is 16.3. The molecule has 272 valence electrons. The predicted molar refractivity (Wildman–Crippen MR) is 192 cm³/mol. The number of unbranched alkanes of at least 4 members (excludes halogenated alkanes) is 12. The zero-order valence-electron chi connectivity index (χ0n) is 29.9. The van der Waals surface area contributed by atoms with Gasteiger partial charge in [-0.1, -0.05) is 116 Å². The zero-order chi connectivity index (χ0) is 34.1. The van der Waals surface area contributed by atoms with E-state index in [1.807, 2.05) is 36.4 Å². The predicted octanol–water partition coefficient (Wildman–Crippen LogP) is 9.30. The van der Waals surface area contributed by atoms with Crippen molar-refractivity contribution in [3.63, 3.8) is 0 Å². The SMILES string of the molecule is CCCCCCCCCC(O)c1ccc2c(c1)OCCOCCOc1ccc(C(O)CCCCCCCCC)cc1OCCOCCO2.